The molecule has 1 amide bonds. The van der Waals surface area contributed by atoms with Gasteiger partial charge in [0.05, 0.1) is 30.6 Å². The number of amides is 1. The van der Waals surface area contributed by atoms with Gasteiger partial charge in [0.15, 0.2) is 0 Å². The molecule has 3 rings (SSSR count). The molecule has 42 heavy (non-hydrogen) atoms. The van der Waals surface area contributed by atoms with Crippen molar-refractivity contribution >= 4 is 11.9 Å². The topological polar surface area (TPSA) is 157 Å². The van der Waals surface area contributed by atoms with E-state index in [1.165, 1.54) is 31.4 Å². The van der Waals surface area contributed by atoms with E-state index in [0.717, 1.165) is 0 Å². The number of imidazole rings is 1. The van der Waals surface area contributed by atoms with Gasteiger partial charge in [0.1, 0.15) is 23.4 Å². The number of aliphatic hydroxyl groups excluding tert-OH is 3. The van der Waals surface area contributed by atoms with Gasteiger partial charge in [-0.15, -0.1) is 0 Å². The number of hydrogen-bond acceptors (Lipinski definition) is 8. The van der Waals surface area contributed by atoms with Gasteiger partial charge in [-0.2, -0.15) is 0 Å². The number of hydrogen-bond donors (Lipinski definition) is 4. The summed E-state index contributed by atoms with van der Waals surface area (Å²) in [5.41, 5.74) is 1.80. The Hall–Kier alpha value is -2.64. The number of benzene rings is 2. The molecule has 12 heteroatoms. The first-order chi connectivity index (χ1) is 19.5. The van der Waals surface area contributed by atoms with Crippen molar-refractivity contribution in [3.8, 4) is 11.4 Å². The van der Waals surface area contributed by atoms with Gasteiger partial charge < -0.3 is 39.8 Å². The van der Waals surface area contributed by atoms with Crippen LogP contribution < -0.4 is 40.0 Å². The first-order valence-electron chi connectivity index (χ1n) is 13.5. The minimum Gasteiger partial charge on any atom is -0.550 e. The van der Waals surface area contributed by atoms with Crippen molar-refractivity contribution < 1.29 is 68.7 Å². The fraction of sp³-hybridized carbons (Fsp3) is 0.433. The maximum atomic E-state index is 13.7. The average molecular weight is 594 g/mol. The average Bonchev–Trinajstić information content (AvgIpc) is 3.31. The molecule has 1 aromatic heterocycles. The van der Waals surface area contributed by atoms with Gasteiger partial charge in [-0.05, 0) is 48.6 Å². The Labute approximate surface area is 266 Å². The summed E-state index contributed by atoms with van der Waals surface area (Å²) < 4.78 is 20.7. The van der Waals surface area contributed by atoms with Crippen molar-refractivity contribution in [3.05, 3.63) is 77.4 Å². The molecule has 0 fully saturated rings. The molecule has 1 heterocycles. The van der Waals surface area contributed by atoms with E-state index >= 15 is 0 Å². The number of methoxy groups -OCH3 is 1. The van der Waals surface area contributed by atoms with Crippen LogP contribution in [0.15, 0.2) is 54.6 Å². The van der Waals surface area contributed by atoms with E-state index in [1.54, 1.807) is 28.8 Å². The monoisotopic (exact) mass is 593 g/mol. The fourth-order valence-corrected chi connectivity index (χ4v) is 4.76. The summed E-state index contributed by atoms with van der Waals surface area (Å²) in [4.78, 5) is 29.1. The number of rotatable bonds is 15. The third-order valence-corrected chi connectivity index (χ3v) is 6.69. The van der Waals surface area contributed by atoms with Crippen LogP contribution >= 0.6 is 0 Å². The molecule has 0 aliphatic carbocycles. The summed E-state index contributed by atoms with van der Waals surface area (Å²) in [5, 5.41) is 45.0. The summed E-state index contributed by atoms with van der Waals surface area (Å²) in [5.74, 6) is -2.24. The second kappa shape index (κ2) is 16.9. The Morgan fingerprint density at radius 1 is 1.05 bits per heavy atom. The molecule has 4 atom stereocenters. The van der Waals surface area contributed by atoms with E-state index in [0.29, 0.717) is 22.6 Å². The molecular weight excluding hydrogens is 556 g/mol. The number of ether oxygens (including phenoxy) is 1. The normalized spacial score (nSPS) is 14.1. The fourth-order valence-electron chi connectivity index (χ4n) is 4.76. The van der Waals surface area contributed by atoms with Crippen molar-refractivity contribution in [2.45, 2.75) is 69.9 Å². The third-order valence-electron chi connectivity index (χ3n) is 6.69. The van der Waals surface area contributed by atoms with Gasteiger partial charge in [0.2, 0.25) is 0 Å². The molecule has 0 aliphatic rings. The quantitative estimate of drug-likeness (QED) is 0.163. The van der Waals surface area contributed by atoms with Crippen molar-refractivity contribution in [1.82, 2.24) is 14.9 Å². The summed E-state index contributed by atoms with van der Waals surface area (Å²) in [7, 11) is 1.47. The van der Waals surface area contributed by atoms with E-state index in [9.17, 15) is 34.4 Å². The first-order valence-corrected chi connectivity index (χ1v) is 13.5. The standard InChI is InChI=1S/C30H38FN3O7.Na/c1-18(2)27-26(30(40)32-24(17-41-3)28(39)19-7-5-4-6-8-19)33-29(20-9-11-21(31)12-10-20)34(27)14-13-22(35)15-23(36)16-25(37)38;/h4-12,18,22-24,28,35-36,39H,13-17H2,1-3H3,(H,32,40)(H,37,38);/q;+1/p-1/t22-,23-,24+,28+;/m1./s1. The van der Waals surface area contributed by atoms with Gasteiger partial charge >= 0.3 is 29.6 Å². The van der Waals surface area contributed by atoms with Crippen molar-refractivity contribution in [3.63, 3.8) is 0 Å². The predicted octanol–water partition coefficient (Wildman–Crippen LogP) is -1.06. The molecule has 10 nitrogen and oxygen atoms in total. The predicted molar refractivity (Wildman–Crippen MR) is 147 cm³/mol. The summed E-state index contributed by atoms with van der Waals surface area (Å²) >= 11 is 0. The smallest absolute Gasteiger partial charge is 0.550 e. The van der Waals surface area contributed by atoms with Crippen LogP contribution in [0.2, 0.25) is 0 Å². The minimum atomic E-state index is -1.42. The van der Waals surface area contributed by atoms with Crippen LogP contribution in [-0.4, -0.2) is 68.7 Å². The van der Waals surface area contributed by atoms with Crippen LogP contribution in [-0.2, 0) is 16.1 Å². The van der Waals surface area contributed by atoms with E-state index < -0.39 is 48.5 Å². The zero-order chi connectivity index (χ0) is 30.1. The number of carboxylic acids is 1. The van der Waals surface area contributed by atoms with Crippen LogP contribution in [0.25, 0.3) is 11.4 Å². The zero-order valence-corrected chi connectivity index (χ0v) is 26.4. The molecule has 0 aliphatic heterocycles. The Morgan fingerprint density at radius 2 is 1.69 bits per heavy atom. The van der Waals surface area contributed by atoms with Crippen LogP contribution in [0.3, 0.4) is 0 Å². The Balaban J connectivity index is 0.00000616. The van der Waals surface area contributed by atoms with Crippen LogP contribution in [0.1, 0.15) is 66.9 Å². The molecule has 0 unspecified atom stereocenters. The van der Waals surface area contributed by atoms with E-state index in [2.05, 4.69) is 10.3 Å². The Morgan fingerprint density at radius 3 is 2.26 bits per heavy atom. The van der Waals surface area contributed by atoms with Gasteiger partial charge in [-0.3, -0.25) is 4.79 Å². The maximum Gasteiger partial charge on any atom is 1.00 e. The minimum absolute atomic E-state index is 0. The number of halogens is 1. The molecule has 0 radical (unpaired) electrons. The summed E-state index contributed by atoms with van der Waals surface area (Å²) in [6, 6.07) is 13.7. The van der Waals surface area contributed by atoms with Crippen molar-refractivity contribution in [1.29, 1.82) is 0 Å². The number of carboxylic acid groups (broad SMARTS) is 1. The molecule has 0 saturated carbocycles. The van der Waals surface area contributed by atoms with Crippen LogP contribution in [0.5, 0.6) is 0 Å². The van der Waals surface area contributed by atoms with Crippen LogP contribution in [0, 0.1) is 5.82 Å². The molecule has 2 aromatic carbocycles. The van der Waals surface area contributed by atoms with E-state index in [1.807, 2.05) is 19.9 Å². The van der Waals surface area contributed by atoms with Gasteiger partial charge in [0, 0.05) is 31.6 Å². The van der Waals surface area contributed by atoms with Gasteiger partial charge in [0.25, 0.3) is 5.91 Å². The van der Waals surface area contributed by atoms with Crippen molar-refractivity contribution in [2.24, 2.45) is 0 Å². The second-order valence-corrected chi connectivity index (χ2v) is 10.3. The molecule has 222 valence electrons. The third kappa shape index (κ3) is 9.70. The zero-order valence-electron chi connectivity index (χ0n) is 24.4. The largest absolute Gasteiger partial charge is 1.00 e. The number of carbonyl (C=O) groups excluding carboxylic acids is 2. The maximum absolute atomic E-state index is 13.7. The molecule has 4 N–H and O–H groups in total. The van der Waals surface area contributed by atoms with E-state index in [-0.39, 0.29) is 67.2 Å². The molecule has 0 saturated heterocycles. The van der Waals surface area contributed by atoms with Crippen molar-refractivity contribution in [2.75, 3.05) is 13.7 Å². The van der Waals surface area contributed by atoms with Gasteiger partial charge in [-0.25, -0.2) is 9.37 Å². The molecule has 0 bridgehead atoms. The number of aliphatic hydroxyl groups is 3. The molecule has 3 aromatic rings. The summed E-state index contributed by atoms with van der Waals surface area (Å²) in [6.45, 7) is 3.97. The SMILES string of the molecule is COC[C@H](NC(=O)c1nc(-c2ccc(F)cc2)n(CC[C@@H](O)C[C@@H](O)CC(=O)[O-])c1C(C)C)[C@@H](O)c1ccccc1.[Na+]. The van der Waals surface area contributed by atoms with Gasteiger partial charge in [-0.1, -0.05) is 44.2 Å². The molecular formula is C30H37FN3NaO7. The number of nitrogens with zero attached hydrogens (tertiary/aromatic N) is 2. The summed E-state index contributed by atoms with van der Waals surface area (Å²) in [6.07, 6.45) is -4.01. The second-order valence-electron chi connectivity index (χ2n) is 10.3. The first kappa shape index (κ1) is 35.6. The van der Waals surface area contributed by atoms with Crippen LogP contribution in [0.4, 0.5) is 4.39 Å². The Kier molecular flexibility index (Phi) is 14.3. The number of aliphatic carboxylic acids is 1. The Bertz CT molecular complexity index is 1290. The number of carbonyl (C=O) groups is 2. The van der Waals surface area contributed by atoms with E-state index in [4.69, 9.17) is 4.74 Å². The molecule has 0 spiro atoms. The number of aromatic nitrogens is 2. The number of nitrogens with one attached hydrogen (secondary N) is 1.